The predicted molar refractivity (Wildman–Crippen MR) is 98.2 cm³/mol. The lowest BCUT2D eigenvalue weighted by Gasteiger charge is -2.02. The van der Waals surface area contributed by atoms with Gasteiger partial charge in [0.05, 0.1) is 10.6 Å². The number of amides is 1. The quantitative estimate of drug-likeness (QED) is 0.793. The van der Waals surface area contributed by atoms with E-state index in [1.165, 1.54) is 17.3 Å². The monoisotopic (exact) mass is 342 g/mol. The van der Waals surface area contributed by atoms with E-state index in [1.54, 1.807) is 6.07 Å². The van der Waals surface area contributed by atoms with E-state index in [1.807, 2.05) is 50.3 Å². The van der Waals surface area contributed by atoms with Gasteiger partial charge in [0.25, 0.3) is 5.91 Å². The molecule has 0 aromatic heterocycles. The Balaban J connectivity index is 1.86. The summed E-state index contributed by atoms with van der Waals surface area (Å²) in [6, 6.07) is 13.4. The van der Waals surface area contributed by atoms with Crippen LogP contribution < -0.4 is 5.32 Å². The molecule has 1 aliphatic rings. The Hall–Kier alpha value is -2.04. The highest BCUT2D eigenvalue weighted by molar-refractivity contribution is 8.18. The summed E-state index contributed by atoms with van der Waals surface area (Å²) in [7, 11) is 0. The number of rotatable bonds is 2. The molecule has 0 unspecified atom stereocenters. The van der Waals surface area contributed by atoms with Gasteiger partial charge in [-0.1, -0.05) is 41.4 Å². The lowest BCUT2D eigenvalue weighted by molar-refractivity contribution is -0.115. The summed E-state index contributed by atoms with van der Waals surface area (Å²) in [6.07, 6.45) is 1.82. The first-order chi connectivity index (χ1) is 11.0. The number of benzene rings is 2. The molecule has 116 valence electrons. The molecule has 0 saturated carbocycles. The molecular formula is C18H15ClN2OS. The number of hydrogen-bond donors (Lipinski definition) is 1. The van der Waals surface area contributed by atoms with Crippen molar-refractivity contribution in [2.75, 3.05) is 0 Å². The minimum Gasteiger partial charge on any atom is -0.300 e. The van der Waals surface area contributed by atoms with Crippen LogP contribution in [0.15, 0.2) is 52.4 Å². The molecule has 0 aliphatic carbocycles. The Morgan fingerprint density at radius 3 is 2.74 bits per heavy atom. The van der Waals surface area contributed by atoms with Gasteiger partial charge in [-0.2, -0.15) is 0 Å². The van der Waals surface area contributed by atoms with E-state index in [0.29, 0.717) is 15.1 Å². The highest BCUT2D eigenvalue weighted by atomic mass is 35.5. The molecule has 1 aliphatic heterocycles. The van der Waals surface area contributed by atoms with Crippen molar-refractivity contribution in [1.82, 2.24) is 5.32 Å². The number of hydrogen-bond acceptors (Lipinski definition) is 3. The number of aryl methyl sites for hydroxylation is 2. The smallest absolute Gasteiger partial charge is 0.264 e. The second-order valence-electron chi connectivity index (χ2n) is 5.33. The highest BCUT2D eigenvalue weighted by Gasteiger charge is 2.23. The van der Waals surface area contributed by atoms with Crippen LogP contribution in [0.2, 0.25) is 5.02 Å². The average Bonchev–Trinajstić information content (AvgIpc) is 2.82. The highest BCUT2D eigenvalue weighted by Crippen LogP contribution is 2.29. The molecule has 2 aromatic rings. The number of carbonyl (C=O) groups excluding carboxylic acids is 1. The van der Waals surface area contributed by atoms with Crippen molar-refractivity contribution in [2.24, 2.45) is 4.99 Å². The third-order valence-electron chi connectivity index (χ3n) is 3.37. The van der Waals surface area contributed by atoms with Crippen molar-refractivity contribution in [3.8, 4) is 0 Å². The molecule has 3 rings (SSSR count). The van der Waals surface area contributed by atoms with Crippen molar-refractivity contribution in [2.45, 2.75) is 13.8 Å². The van der Waals surface area contributed by atoms with Gasteiger partial charge in [-0.15, -0.1) is 0 Å². The molecule has 2 aromatic carbocycles. The number of nitrogens with one attached hydrogen (secondary N) is 1. The summed E-state index contributed by atoms with van der Waals surface area (Å²) in [5.74, 6) is -0.140. The van der Waals surface area contributed by atoms with E-state index in [4.69, 9.17) is 11.6 Å². The Morgan fingerprint density at radius 2 is 2.00 bits per heavy atom. The summed E-state index contributed by atoms with van der Waals surface area (Å²) in [4.78, 5) is 17.2. The summed E-state index contributed by atoms with van der Waals surface area (Å²) in [5.41, 5.74) is 4.03. The molecule has 1 amide bonds. The zero-order chi connectivity index (χ0) is 16.4. The molecule has 1 N–H and O–H groups in total. The first-order valence-corrected chi connectivity index (χ1v) is 8.33. The Bertz CT molecular complexity index is 843. The van der Waals surface area contributed by atoms with E-state index < -0.39 is 0 Å². The summed E-state index contributed by atoms with van der Waals surface area (Å²) >= 11 is 7.31. The van der Waals surface area contributed by atoms with Gasteiger partial charge in [-0.3, -0.25) is 4.79 Å². The minimum atomic E-state index is -0.140. The largest absolute Gasteiger partial charge is 0.300 e. The number of carbonyl (C=O) groups is 1. The van der Waals surface area contributed by atoms with Gasteiger partial charge in [0.1, 0.15) is 0 Å². The van der Waals surface area contributed by atoms with Crippen LogP contribution in [0.25, 0.3) is 6.08 Å². The Labute approximate surface area is 144 Å². The fraction of sp³-hybridized carbons (Fsp3) is 0.111. The van der Waals surface area contributed by atoms with Crippen LogP contribution in [0.3, 0.4) is 0 Å². The van der Waals surface area contributed by atoms with E-state index in [-0.39, 0.29) is 5.91 Å². The molecule has 3 nitrogen and oxygen atoms in total. The van der Waals surface area contributed by atoms with Crippen molar-refractivity contribution in [3.05, 3.63) is 69.1 Å². The van der Waals surface area contributed by atoms with Crippen molar-refractivity contribution in [3.63, 3.8) is 0 Å². The molecule has 0 spiro atoms. The SMILES string of the molecule is Cc1ccc(N=C2NC(=O)/C(=C\c3cccc(Cl)c3)S2)c(C)c1. The maximum Gasteiger partial charge on any atom is 0.264 e. The fourth-order valence-corrected chi connectivity index (χ4v) is 3.30. The van der Waals surface area contributed by atoms with Gasteiger partial charge >= 0.3 is 0 Å². The van der Waals surface area contributed by atoms with Crippen LogP contribution in [0, 0.1) is 13.8 Å². The molecule has 0 bridgehead atoms. The van der Waals surface area contributed by atoms with Crippen LogP contribution in [0.4, 0.5) is 5.69 Å². The topological polar surface area (TPSA) is 41.5 Å². The van der Waals surface area contributed by atoms with Crippen LogP contribution in [0.5, 0.6) is 0 Å². The third kappa shape index (κ3) is 3.84. The van der Waals surface area contributed by atoms with Crippen LogP contribution in [0.1, 0.15) is 16.7 Å². The Morgan fingerprint density at radius 1 is 1.17 bits per heavy atom. The van der Waals surface area contributed by atoms with Crippen LogP contribution in [-0.2, 0) is 4.79 Å². The van der Waals surface area contributed by atoms with E-state index >= 15 is 0 Å². The number of halogens is 1. The van der Waals surface area contributed by atoms with E-state index in [2.05, 4.69) is 16.4 Å². The zero-order valence-corrected chi connectivity index (χ0v) is 14.3. The van der Waals surface area contributed by atoms with Gasteiger partial charge in [-0.05, 0) is 61.0 Å². The van der Waals surface area contributed by atoms with Gasteiger partial charge < -0.3 is 5.32 Å². The predicted octanol–water partition coefficient (Wildman–Crippen LogP) is 4.85. The second kappa shape index (κ2) is 6.60. The van der Waals surface area contributed by atoms with Crippen molar-refractivity contribution >= 4 is 46.2 Å². The normalized spacial score (nSPS) is 17.8. The minimum absolute atomic E-state index is 0.140. The summed E-state index contributed by atoms with van der Waals surface area (Å²) in [5, 5.41) is 4.04. The van der Waals surface area contributed by atoms with Crippen LogP contribution in [-0.4, -0.2) is 11.1 Å². The molecule has 5 heteroatoms. The fourth-order valence-electron chi connectivity index (χ4n) is 2.27. The van der Waals surface area contributed by atoms with Gasteiger partial charge in [0.15, 0.2) is 5.17 Å². The van der Waals surface area contributed by atoms with Gasteiger partial charge in [-0.25, -0.2) is 4.99 Å². The summed E-state index contributed by atoms with van der Waals surface area (Å²) in [6.45, 7) is 4.05. The molecule has 23 heavy (non-hydrogen) atoms. The zero-order valence-electron chi connectivity index (χ0n) is 12.8. The maximum atomic E-state index is 12.1. The second-order valence-corrected chi connectivity index (χ2v) is 6.79. The van der Waals surface area contributed by atoms with Crippen molar-refractivity contribution in [1.29, 1.82) is 0 Å². The average molecular weight is 343 g/mol. The molecule has 1 heterocycles. The van der Waals surface area contributed by atoms with Gasteiger partial charge in [0.2, 0.25) is 0 Å². The molecule has 1 fully saturated rings. The Kier molecular flexibility index (Phi) is 4.55. The third-order valence-corrected chi connectivity index (χ3v) is 4.52. The number of aliphatic imine (C=N–C) groups is 1. The molecule has 0 radical (unpaired) electrons. The standard InChI is InChI=1S/C18H15ClN2OS/c1-11-6-7-15(12(2)8-11)20-18-21-17(22)16(23-18)10-13-4-3-5-14(19)9-13/h3-10H,1-2H3,(H,20,21,22)/b16-10+. The molecule has 0 atom stereocenters. The van der Waals surface area contributed by atoms with E-state index in [9.17, 15) is 4.79 Å². The maximum absolute atomic E-state index is 12.1. The summed E-state index contributed by atoms with van der Waals surface area (Å²) < 4.78 is 0. The number of amidine groups is 1. The lowest BCUT2D eigenvalue weighted by Crippen LogP contribution is -2.19. The lowest BCUT2D eigenvalue weighted by atomic mass is 10.1. The number of thioether (sulfide) groups is 1. The molecule has 1 saturated heterocycles. The van der Waals surface area contributed by atoms with Gasteiger partial charge in [0, 0.05) is 5.02 Å². The first kappa shape index (κ1) is 15.8. The molecular weight excluding hydrogens is 328 g/mol. The number of nitrogens with zero attached hydrogens (tertiary/aromatic N) is 1. The van der Waals surface area contributed by atoms with Crippen LogP contribution >= 0.6 is 23.4 Å². The first-order valence-electron chi connectivity index (χ1n) is 7.14. The van der Waals surface area contributed by atoms with Crippen molar-refractivity contribution < 1.29 is 4.79 Å². The van der Waals surface area contributed by atoms with E-state index in [0.717, 1.165) is 16.8 Å².